The van der Waals surface area contributed by atoms with Gasteiger partial charge in [0, 0.05) is 18.8 Å². The number of nitrogens with zero attached hydrogens (tertiary/aromatic N) is 2. The Bertz CT molecular complexity index is 358. The summed E-state index contributed by atoms with van der Waals surface area (Å²) < 4.78 is 0.866. The van der Waals surface area contributed by atoms with E-state index in [-0.39, 0.29) is 6.61 Å². The van der Waals surface area contributed by atoms with Gasteiger partial charge in [-0.3, -0.25) is 0 Å². The molecule has 0 aliphatic carbocycles. The molecule has 0 radical (unpaired) electrons. The Hall–Kier alpha value is -0.320. The number of aliphatic hydroxyl groups is 1. The monoisotopic (exact) mass is 320 g/mol. The summed E-state index contributed by atoms with van der Waals surface area (Å²) in [5.74, 6) is 0.845. The number of aromatic nitrogens is 1. The van der Waals surface area contributed by atoms with Crippen LogP contribution >= 0.6 is 27.5 Å². The summed E-state index contributed by atoms with van der Waals surface area (Å²) in [6.07, 6.45) is 3.68. The highest BCUT2D eigenvalue weighted by molar-refractivity contribution is 9.10. The first-order chi connectivity index (χ1) is 8.13. The summed E-state index contributed by atoms with van der Waals surface area (Å²) in [6.45, 7) is 4.98. The zero-order chi connectivity index (χ0) is 12.8. The first-order valence-corrected chi connectivity index (χ1v) is 6.99. The number of hydrogen-bond acceptors (Lipinski definition) is 3. The second-order valence-electron chi connectivity index (χ2n) is 3.85. The maximum Gasteiger partial charge on any atom is 0.143 e. The number of aliphatic hydroxyl groups excluding tert-OH is 1. The summed E-state index contributed by atoms with van der Waals surface area (Å²) in [4.78, 5) is 6.47. The molecule has 0 aromatic carbocycles. The van der Waals surface area contributed by atoms with Crippen molar-refractivity contribution in [3.63, 3.8) is 0 Å². The van der Waals surface area contributed by atoms with Crippen LogP contribution in [0.2, 0.25) is 5.02 Å². The lowest BCUT2D eigenvalue weighted by atomic mass is 10.1. The molecule has 0 atom stereocenters. The van der Waals surface area contributed by atoms with Crippen LogP contribution < -0.4 is 4.90 Å². The molecule has 0 aliphatic heterocycles. The minimum absolute atomic E-state index is 0.118. The molecule has 0 amide bonds. The van der Waals surface area contributed by atoms with Crippen LogP contribution in [0.5, 0.6) is 0 Å². The van der Waals surface area contributed by atoms with Crippen LogP contribution in [0.25, 0.3) is 0 Å². The van der Waals surface area contributed by atoms with Crippen LogP contribution in [0, 0.1) is 0 Å². The summed E-state index contributed by atoms with van der Waals surface area (Å²) in [5.41, 5.74) is 0. The minimum Gasteiger partial charge on any atom is -0.395 e. The van der Waals surface area contributed by atoms with Gasteiger partial charge in [0.15, 0.2) is 0 Å². The zero-order valence-electron chi connectivity index (χ0n) is 10.2. The summed E-state index contributed by atoms with van der Waals surface area (Å²) in [6, 6.07) is 2.21. The lowest BCUT2D eigenvalue weighted by Gasteiger charge is -2.31. The van der Waals surface area contributed by atoms with Crippen molar-refractivity contribution in [2.24, 2.45) is 0 Å². The van der Waals surface area contributed by atoms with Crippen molar-refractivity contribution in [2.75, 3.05) is 18.1 Å². The molecule has 1 N–H and O–H groups in total. The molecule has 0 saturated carbocycles. The topological polar surface area (TPSA) is 36.4 Å². The normalized spacial score (nSPS) is 10.9. The molecule has 0 spiro atoms. The molecule has 1 aromatic rings. The van der Waals surface area contributed by atoms with Crippen molar-refractivity contribution in [1.29, 1.82) is 0 Å². The maximum absolute atomic E-state index is 9.17. The highest BCUT2D eigenvalue weighted by Crippen LogP contribution is 2.28. The van der Waals surface area contributed by atoms with E-state index in [2.05, 4.69) is 39.7 Å². The van der Waals surface area contributed by atoms with Crippen LogP contribution in [0.3, 0.4) is 0 Å². The second-order valence-corrected chi connectivity index (χ2v) is 5.14. The average Bonchev–Trinajstić information content (AvgIpc) is 2.30. The molecule has 0 saturated heterocycles. The van der Waals surface area contributed by atoms with Gasteiger partial charge in [0.25, 0.3) is 0 Å². The first-order valence-electron chi connectivity index (χ1n) is 5.82. The molecule has 5 heteroatoms. The lowest BCUT2D eigenvalue weighted by molar-refractivity contribution is 0.295. The lowest BCUT2D eigenvalue weighted by Crippen LogP contribution is -2.37. The van der Waals surface area contributed by atoms with Crippen LogP contribution in [-0.2, 0) is 0 Å². The van der Waals surface area contributed by atoms with Gasteiger partial charge in [-0.15, -0.1) is 0 Å². The van der Waals surface area contributed by atoms with E-state index in [1.807, 2.05) is 6.07 Å². The summed E-state index contributed by atoms with van der Waals surface area (Å²) in [7, 11) is 0. The minimum atomic E-state index is 0.118. The van der Waals surface area contributed by atoms with E-state index in [0.717, 1.165) is 23.1 Å². The largest absolute Gasteiger partial charge is 0.395 e. The smallest absolute Gasteiger partial charge is 0.143 e. The Kier molecular flexibility index (Phi) is 6.23. The van der Waals surface area contributed by atoms with Crippen molar-refractivity contribution in [3.05, 3.63) is 21.8 Å². The van der Waals surface area contributed by atoms with Crippen LogP contribution in [0.15, 0.2) is 16.7 Å². The van der Waals surface area contributed by atoms with Crippen molar-refractivity contribution < 1.29 is 5.11 Å². The van der Waals surface area contributed by atoms with E-state index in [9.17, 15) is 5.11 Å². The van der Waals surface area contributed by atoms with Crippen molar-refractivity contribution in [2.45, 2.75) is 32.7 Å². The third-order valence-electron chi connectivity index (χ3n) is 2.78. The number of rotatable bonds is 6. The molecule has 1 rings (SSSR count). The standard InChI is InChI=1S/C12H18BrClN2O/c1-3-10(4-2)16(5-6-17)12-11(13)7-9(14)8-15-12/h7-8,10,17H,3-6H2,1-2H3. The molecule has 0 bridgehead atoms. The summed E-state index contributed by atoms with van der Waals surface area (Å²) in [5, 5.41) is 9.78. The van der Waals surface area contributed by atoms with Crippen LogP contribution in [-0.4, -0.2) is 29.3 Å². The van der Waals surface area contributed by atoms with E-state index in [1.165, 1.54) is 0 Å². The third kappa shape index (κ3) is 3.83. The van der Waals surface area contributed by atoms with Gasteiger partial charge in [-0.2, -0.15) is 0 Å². The fraction of sp³-hybridized carbons (Fsp3) is 0.583. The SMILES string of the molecule is CCC(CC)N(CCO)c1ncc(Cl)cc1Br. The first kappa shape index (κ1) is 14.7. The molecule has 3 nitrogen and oxygen atoms in total. The number of pyridine rings is 1. The highest BCUT2D eigenvalue weighted by Gasteiger charge is 2.18. The molecule has 1 aromatic heterocycles. The third-order valence-corrected chi connectivity index (χ3v) is 3.57. The quantitative estimate of drug-likeness (QED) is 0.871. The molecule has 0 aliphatic rings. The zero-order valence-corrected chi connectivity index (χ0v) is 12.5. The van der Waals surface area contributed by atoms with Gasteiger partial charge in [-0.25, -0.2) is 4.98 Å². The van der Waals surface area contributed by atoms with E-state index >= 15 is 0 Å². The highest BCUT2D eigenvalue weighted by atomic mass is 79.9. The molecule has 17 heavy (non-hydrogen) atoms. The van der Waals surface area contributed by atoms with Crippen LogP contribution in [0.4, 0.5) is 5.82 Å². The Morgan fingerprint density at radius 3 is 2.59 bits per heavy atom. The Labute approximate surface area is 116 Å². The van der Waals surface area contributed by atoms with Gasteiger partial charge in [0.2, 0.25) is 0 Å². The van der Waals surface area contributed by atoms with E-state index in [0.29, 0.717) is 17.6 Å². The van der Waals surface area contributed by atoms with Crippen molar-refractivity contribution >= 4 is 33.3 Å². The van der Waals surface area contributed by atoms with Crippen molar-refractivity contribution in [1.82, 2.24) is 4.98 Å². The fourth-order valence-electron chi connectivity index (χ4n) is 1.92. The average molecular weight is 322 g/mol. The Morgan fingerprint density at radius 1 is 1.47 bits per heavy atom. The second kappa shape index (κ2) is 7.19. The molecule has 96 valence electrons. The van der Waals surface area contributed by atoms with Gasteiger partial charge in [0.05, 0.1) is 16.1 Å². The van der Waals surface area contributed by atoms with Gasteiger partial charge in [-0.1, -0.05) is 25.4 Å². The van der Waals surface area contributed by atoms with Gasteiger partial charge < -0.3 is 10.0 Å². The Morgan fingerprint density at radius 2 is 2.12 bits per heavy atom. The predicted octanol–water partition coefficient (Wildman–Crippen LogP) is 3.48. The van der Waals surface area contributed by atoms with Crippen LogP contribution in [0.1, 0.15) is 26.7 Å². The summed E-state index contributed by atoms with van der Waals surface area (Å²) >= 11 is 9.36. The Balaban J connectivity index is 3.03. The number of halogens is 2. The van der Waals surface area contributed by atoms with Gasteiger partial charge in [0.1, 0.15) is 5.82 Å². The molecule has 0 fully saturated rings. The van der Waals surface area contributed by atoms with E-state index in [1.54, 1.807) is 6.20 Å². The molecule has 1 heterocycles. The number of anilines is 1. The molecular formula is C12H18BrClN2O. The maximum atomic E-state index is 9.17. The predicted molar refractivity (Wildman–Crippen MR) is 75.7 cm³/mol. The molecular weight excluding hydrogens is 304 g/mol. The fourth-order valence-corrected chi connectivity index (χ4v) is 2.78. The number of hydrogen-bond donors (Lipinski definition) is 1. The van der Waals surface area contributed by atoms with Gasteiger partial charge in [-0.05, 0) is 34.8 Å². The van der Waals surface area contributed by atoms with E-state index < -0.39 is 0 Å². The molecule has 0 unspecified atom stereocenters. The van der Waals surface area contributed by atoms with E-state index in [4.69, 9.17) is 11.6 Å². The van der Waals surface area contributed by atoms with Gasteiger partial charge >= 0.3 is 0 Å². The van der Waals surface area contributed by atoms with Crippen molar-refractivity contribution in [3.8, 4) is 0 Å².